The van der Waals surface area contributed by atoms with Crippen LogP contribution in [-0.2, 0) is 6.54 Å². The van der Waals surface area contributed by atoms with Crippen LogP contribution in [-0.4, -0.2) is 21.9 Å². The fourth-order valence-corrected chi connectivity index (χ4v) is 1.45. The maximum atomic E-state index is 13.5. The van der Waals surface area contributed by atoms with Crippen LogP contribution >= 0.6 is 0 Å². The summed E-state index contributed by atoms with van der Waals surface area (Å²) in [5.74, 6) is 0.405. The van der Waals surface area contributed by atoms with E-state index >= 15 is 0 Å². The Morgan fingerprint density at radius 3 is 2.76 bits per heavy atom. The lowest BCUT2D eigenvalue weighted by atomic mass is 10.2. The van der Waals surface area contributed by atoms with E-state index in [1.807, 2.05) is 0 Å². The van der Waals surface area contributed by atoms with Gasteiger partial charge in [0.15, 0.2) is 0 Å². The molecule has 2 aromatic rings. The SMILES string of the molecule is COc1ccc(F)c(Cn2nc(N)nc2N)c1. The standard InChI is InChI=1S/C10H12FN5O/c1-17-7-2-3-8(11)6(4-7)5-16-10(13)14-9(12)15-16/h2-4H,5H2,1H3,(H4,12,13,14,15). The van der Waals surface area contributed by atoms with Crippen molar-refractivity contribution in [3.63, 3.8) is 0 Å². The van der Waals surface area contributed by atoms with Crippen molar-refractivity contribution in [2.75, 3.05) is 18.6 Å². The minimum Gasteiger partial charge on any atom is -0.497 e. The summed E-state index contributed by atoms with van der Waals surface area (Å²) in [5.41, 5.74) is 11.4. The molecule has 0 aliphatic carbocycles. The van der Waals surface area contributed by atoms with E-state index in [1.165, 1.54) is 23.9 Å². The molecule has 0 spiro atoms. The third kappa shape index (κ3) is 2.27. The Morgan fingerprint density at radius 2 is 2.18 bits per heavy atom. The number of aromatic nitrogens is 3. The molecule has 6 nitrogen and oxygen atoms in total. The molecule has 4 N–H and O–H groups in total. The molecule has 90 valence electrons. The maximum Gasteiger partial charge on any atom is 0.241 e. The van der Waals surface area contributed by atoms with Crippen LogP contribution in [0.15, 0.2) is 18.2 Å². The topological polar surface area (TPSA) is 92.0 Å². The van der Waals surface area contributed by atoms with Gasteiger partial charge in [0.25, 0.3) is 0 Å². The van der Waals surface area contributed by atoms with Gasteiger partial charge in [-0.05, 0) is 18.2 Å². The van der Waals surface area contributed by atoms with Gasteiger partial charge >= 0.3 is 0 Å². The second-order valence-electron chi connectivity index (χ2n) is 3.44. The van der Waals surface area contributed by atoms with Crippen LogP contribution in [0.3, 0.4) is 0 Å². The number of hydrogen-bond acceptors (Lipinski definition) is 5. The number of hydrogen-bond donors (Lipinski definition) is 2. The molecule has 17 heavy (non-hydrogen) atoms. The number of halogens is 1. The molecular weight excluding hydrogens is 225 g/mol. The molecule has 0 aliphatic heterocycles. The van der Waals surface area contributed by atoms with Crippen molar-refractivity contribution in [2.24, 2.45) is 0 Å². The van der Waals surface area contributed by atoms with Crippen LogP contribution in [0.5, 0.6) is 5.75 Å². The monoisotopic (exact) mass is 237 g/mol. The maximum absolute atomic E-state index is 13.5. The van der Waals surface area contributed by atoms with E-state index in [0.29, 0.717) is 11.3 Å². The predicted octanol–water partition coefficient (Wildman–Crippen LogP) is 0.639. The van der Waals surface area contributed by atoms with Crippen molar-refractivity contribution in [1.29, 1.82) is 0 Å². The van der Waals surface area contributed by atoms with Crippen LogP contribution in [0.1, 0.15) is 5.56 Å². The van der Waals surface area contributed by atoms with E-state index < -0.39 is 0 Å². The number of nitrogen functional groups attached to an aromatic ring is 2. The van der Waals surface area contributed by atoms with E-state index in [9.17, 15) is 4.39 Å². The third-order valence-corrected chi connectivity index (χ3v) is 2.29. The normalized spacial score (nSPS) is 10.5. The van der Waals surface area contributed by atoms with Crippen LogP contribution in [0.25, 0.3) is 0 Å². The highest BCUT2D eigenvalue weighted by molar-refractivity contribution is 5.32. The van der Waals surface area contributed by atoms with Crippen molar-refractivity contribution in [2.45, 2.75) is 6.54 Å². The molecule has 0 atom stereocenters. The highest BCUT2D eigenvalue weighted by Crippen LogP contribution is 2.18. The highest BCUT2D eigenvalue weighted by atomic mass is 19.1. The number of anilines is 2. The van der Waals surface area contributed by atoms with Gasteiger partial charge in [0.1, 0.15) is 11.6 Å². The second-order valence-corrected chi connectivity index (χ2v) is 3.44. The van der Waals surface area contributed by atoms with Crippen molar-refractivity contribution < 1.29 is 9.13 Å². The minimum atomic E-state index is -0.362. The lowest BCUT2D eigenvalue weighted by Crippen LogP contribution is -2.08. The van der Waals surface area contributed by atoms with E-state index in [-0.39, 0.29) is 24.3 Å². The first-order valence-electron chi connectivity index (χ1n) is 4.88. The summed E-state index contributed by atoms with van der Waals surface area (Å²) in [6.45, 7) is 0.152. The van der Waals surface area contributed by atoms with Crippen LogP contribution in [0.4, 0.5) is 16.3 Å². The van der Waals surface area contributed by atoms with Gasteiger partial charge in [0.2, 0.25) is 11.9 Å². The number of nitrogens with zero attached hydrogens (tertiary/aromatic N) is 3. The summed E-state index contributed by atoms with van der Waals surface area (Å²) >= 11 is 0. The van der Waals surface area contributed by atoms with Gasteiger partial charge in [-0.25, -0.2) is 9.07 Å². The molecule has 1 heterocycles. The molecule has 1 aromatic carbocycles. The van der Waals surface area contributed by atoms with Crippen LogP contribution < -0.4 is 16.2 Å². The van der Waals surface area contributed by atoms with Crippen molar-refractivity contribution in [1.82, 2.24) is 14.8 Å². The zero-order chi connectivity index (χ0) is 12.4. The average molecular weight is 237 g/mol. The predicted molar refractivity (Wildman–Crippen MR) is 60.9 cm³/mol. The lowest BCUT2D eigenvalue weighted by Gasteiger charge is -2.06. The second kappa shape index (κ2) is 4.28. The number of nitrogens with two attached hydrogens (primary N) is 2. The molecule has 0 saturated heterocycles. The van der Waals surface area contributed by atoms with E-state index in [2.05, 4.69) is 10.1 Å². The molecule has 0 amide bonds. The van der Waals surface area contributed by atoms with Gasteiger partial charge in [0, 0.05) is 5.56 Å². The Bertz CT molecular complexity index is 539. The largest absolute Gasteiger partial charge is 0.497 e. The molecular formula is C10H12FN5O. The average Bonchev–Trinajstić information content (AvgIpc) is 2.60. The Hall–Kier alpha value is -2.31. The summed E-state index contributed by atoms with van der Waals surface area (Å²) in [6, 6.07) is 4.44. The molecule has 0 fully saturated rings. The van der Waals surface area contributed by atoms with Crippen molar-refractivity contribution >= 4 is 11.9 Å². The minimum absolute atomic E-state index is 0.0609. The van der Waals surface area contributed by atoms with Gasteiger partial charge in [-0.2, -0.15) is 4.98 Å². The quantitative estimate of drug-likeness (QED) is 0.817. The van der Waals surface area contributed by atoms with Crippen LogP contribution in [0, 0.1) is 5.82 Å². The first-order valence-corrected chi connectivity index (χ1v) is 4.88. The smallest absolute Gasteiger partial charge is 0.241 e. The van der Waals surface area contributed by atoms with Gasteiger partial charge in [0.05, 0.1) is 13.7 Å². The summed E-state index contributed by atoms with van der Waals surface area (Å²) in [6.07, 6.45) is 0. The zero-order valence-corrected chi connectivity index (χ0v) is 9.22. The molecule has 1 aromatic heterocycles. The first kappa shape index (κ1) is 11.2. The molecule has 2 rings (SSSR count). The Kier molecular flexibility index (Phi) is 2.82. The molecule has 0 aliphatic rings. The number of methoxy groups -OCH3 is 1. The van der Waals surface area contributed by atoms with E-state index in [0.717, 1.165) is 0 Å². The molecule has 0 bridgehead atoms. The summed E-state index contributed by atoms with van der Waals surface area (Å²) in [7, 11) is 1.51. The number of rotatable bonds is 3. The zero-order valence-electron chi connectivity index (χ0n) is 9.22. The van der Waals surface area contributed by atoms with E-state index in [4.69, 9.17) is 16.2 Å². The van der Waals surface area contributed by atoms with Gasteiger partial charge in [-0.15, -0.1) is 5.10 Å². The number of ether oxygens (including phenoxy) is 1. The summed E-state index contributed by atoms with van der Waals surface area (Å²) in [5, 5.41) is 3.85. The highest BCUT2D eigenvalue weighted by Gasteiger charge is 2.09. The third-order valence-electron chi connectivity index (χ3n) is 2.29. The van der Waals surface area contributed by atoms with Gasteiger partial charge in [-0.1, -0.05) is 0 Å². The number of benzene rings is 1. The Morgan fingerprint density at radius 1 is 1.41 bits per heavy atom. The fraction of sp³-hybridized carbons (Fsp3) is 0.200. The van der Waals surface area contributed by atoms with Gasteiger partial charge < -0.3 is 16.2 Å². The first-order chi connectivity index (χ1) is 8.10. The van der Waals surface area contributed by atoms with Crippen LogP contribution in [0.2, 0.25) is 0 Å². The summed E-state index contributed by atoms with van der Waals surface area (Å²) in [4.78, 5) is 3.73. The van der Waals surface area contributed by atoms with Gasteiger partial charge in [-0.3, -0.25) is 0 Å². The Labute approximate surface area is 97.0 Å². The fourth-order valence-electron chi connectivity index (χ4n) is 1.45. The molecule has 0 unspecified atom stereocenters. The molecule has 7 heteroatoms. The summed E-state index contributed by atoms with van der Waals surface area (Å²) < 4.78 is 19.9. The Balaban J connectivity index is 2.32. The van der Waals surface area contributed by atoms with Crippen molar-refractivity contribution in [3.8, 4) is 5.75 Å². The van der Waals surface area contributed by atoms with E-state index in [1.54, 1.807) is 6.07 Å². The molecule has 0 saturated carbocycles. The molecule has 0 radical (unpaired) electrons. The lowest BCUT2D eigenvalue weighted by molar-refractivity contribution is 0.412. The van der Waals surface area contributed by atoms with Crippen molar-refractivity contribution in [3.05, 3.63) is 29.6 Å².